The second-order valence-corrected chi connectivity index (χ2v) is 1.71. The van der Waals surface area contributed by atoms with Gasteiger partial charge in [-0.25, -0.2) is 4.68 Å². The highest BCUT2D eigenvalue weighted by Gasteiger charge is 2.03. The van der Waals surface area contributed by atoms with Crippen molar-refractivity contribution in [2.45, 2.75) is 6.92 Å². The number of hydrogen-bond donors (Lipinski definition) is 1. The van der Waals surface area contributed by atoms with Gasteiger partial charge >= 0.3 is 5.56 Å². The number of nitrogens with two attached hydrogens (primary N) is 1. The molecule has 10 heavy (non-hydrogen) atoms. The first kappa shape index (κ1) is 6.66. The van der Waals surface area contributed by atoms with E-state index in [2.05, 4.69) is 10.2 Å². The largest absolute Gasteiger partial charge is 0.335 e. The van der Waals surface area contributed by atoms with Crippen molar-refractivity contribution in [2.24, 2.45) is 0 Å². The molecule has 0 saturated carbocycles. The summed E-state index contributed by atoms with van der Waals surface area (Å²) in [6.45, 7) is 1.45. The zero-order valence-electron chi connectivity index (χ0n) is 5.21. The van der Waals surface area contributed by atoms with Crippen LogP contribution in [0.4, 0.5) is 4.39 Å². The highest BCUT2D eigenvalue weighted by Crippen LogP contribution is 1.80. The van der Waals surface area contributed by atoms with Gasteiger partial charge in [-0.2, -0.15) is 4.39 Å². The maximum Gasteiger partial charge on any atom is 0.327 e. The van der Waals surface area contributed by atoms with E-state index in [1.54, 1.807) is 0 Å². The molecule has 0 spiro atoms. The predicted octanol–water partition coefficient (Wildman–Crippen LogP) is -1.20. The van der Waals surface area contributed by atoms with Gasteiger partial charge < -0.3 is 5.84 Å². The van der Waals surface area contributed by atoms with Crippen LogP contribution in [0.1, 0.15) is 5.82 Å². The molecule has 6 heteroatoms. The molecular formula is C4H5FN4O. The Hall–Kier alpha value is -1.46. The SMILES string of the molecule is Cc1nnc(F)c(=O)n1N. The van der Waals surface area contributed by atoms with Crippen LogP contribution in [0.25, 0.3) is 0 Å². The molecule has 0 aromatic carbocycles. The van der Waals surface area contributed by atoms with Crippen molar-refractivity contribution in [1.29, 1.82) is 0 Å². The monoisotopic (exact) mass is 144 g/mol. The van der Waals surface area contributed by atoms with Crippen LogP contribution < -0.4 is 11.4 Å². The van der Waals surface area contributed by atoms with Gasteiger partial charge in [0.05, 0.1) is 0 Å². The van der Waals surface area contributed by atoms with Gasteiger partial charge in [-0.3, -0.25) is 4.79 Å². The molecule has 1 rings (SSSR count). The first-order chi connectivity index (χ1) is 4.63. The summed E-state index contributed by atoms with van der Waals surface area (Å²) in [5, 5.41) is 6.16. The fourth-order valence-electron chi connectivity index (χ4n) is 0.454. The average molecular weight is 144 g/mol. The molecule has 1 heterocycles. The van der Waals surface area contributed by atoms with Crippen molar-refractivity contribution < 1.29 is 4.39 Å². The molecule has 0 fully saturated rings. The summed E-state index contributed by atoms with van der Waals surface area (Å²) in [6, 6.07) is 0. The summed E-state index contributed by atoms with van der Waals surface area (Å²) in [7, 11) is 0. The van der Waals surface area contributed by atoms with Crippen LogP contribution in [-0.2, 0) is 0 Å². The van der Waals surface area contributed by atoms with E-state index in [9.17, 15) is 9.18 Å². The Morgan fingerprint density at radius 3 is 2.70 bits per heavy atom. The van der Waals surface area contributed by atoms with E-state index in [0.717, 1.165) is 0 Å². The smallest absolute Gasteiger partial charge is 0.327 e. The molecule has 0 atom stereocenters. The molecule has 0 unspecified atom stereocenters. The Balaban J connectivity index is 3.50. The molecule has 0 saturated heterocycles. The first-order valence-corrected chi connectivity index (χ1v) is 2.50. The third kappa shape index (κ3) is 0.831. The first-order valence-electron chi connectivity index (χ1n) is 2.50. The normalized spacial score (nSPS) is 9.80. The zero-order valence-corrected chi connectivity index (χ0v) is 5.21. The van der Waals surface area contributed by atoms with Crippen LogP contribution in [0.3, 0.4) is 0 Å². The molecule has 1 aromatic heterocycles. The average Bonchev–Trinajstić information content (AvgIpc) is 1.93. The Morgan fingerprint density at radius 1 is 1.60 bits per heavy atom. The zero-order chi connectivity index (χ0) is 7.72. The van der Waals surface area contributed by atoms with Gasteiger partial charge in [-0.1, -0.05) is 0 Å². The van der Waals surface area contributed by atoms with E-state index in [4.69, 9.17) is 5.84 Å². The Labute approximate surface area is 55.3 Å². The van der Waals surface area contributed by atoms with E-state index < -0.39 is 11.5 Å². The fourth-order valence-corrected chi connectivity index (χ4v) is 0.454. The highest BCUT2D eigenvalue weighted by atomic mass is 19.1. The van der Waals surface area contributed by atoms with Crippen LogP contribution >= 0.6 is 0 Å². The van der Waals surface area contributed by atoms with Crippen LogP contribution in [0.2, 0.25) is 0 Å². The minimum absolute atomic E-state index is 0.173. The lowest BCUT2D eigenvalue weighted by Crippen LogP contribution is -2.33. The topological polar surface area (TPSA) is 73.8 Å². The number of nitrogen functional groups attached to an aromatic ring is 1. The summed E-state index contributed by atoms with van der Waals surface area (Å²) in [6.07, 6.45) is 0. The van der Waals surface area contributed by atoms with Crippen molar-refractivity contribution in [3.05, 3.63) is 22.1 Å². The van der Waals surface area contributed by atoms with Gasteiger partial charge in [-0.05, 0) is 6.92 Å². The van der Waals surface area contributed by atoms with Gasteiger partial charge in [0.25, 0.3) is 5.95 Å². The molecule has 2 N–H and O–H groups in total. The third-order valence-corrected chi connectivity index (χ3v) is 1.03. The van der Waals surface area contributed by atoms with E-state index in [1.165, 1.54) is 6.92 Å². The molecular weight excluding hydrogens is 139 g/mol. The standard InChI is InChI=1S/C4H5FN4O/c1-2-7-8-3(5)4(10)9(2)6/h6H2,1H3. The number of aromatic nitrogens is 3. The van der Waals surface area contributed by atoms with E-state index in [1.807, 2.05) is 0 Å². The van der Waals surface area contributed by atoms with Gasteiger partial charge in [0.1, 0.15) is 0 Å². The van der Waals surface area contributed by atoms with Gasteiger partial charge in [0, 0.05) is 0 Å². The molecule has 54 valence electrons. The van der Waals surface area contributed by atoms with E-state index in [0.29, 0.717) is 4.68 Å². The Bertz CT molecular complexity index is 307. The van der Waals surface area contributed by atoms with Crippen molar-refractivity contribution in [2.75, 3.05) is 5.84 Å². The molecule has 5 nitrogen and oxygen atoms in total. The summed E-state index contributed by atoms with van der Waals surface area (Å²) in [5.74, 6) is 4.03. The summed E-state index contributed by atoms with van der Waals surface area (Å²) >= 11 is 0. The summed E-state index contributed by atoms with van der Waals surface area (Å²) in [4.78, 5) is 10.5. The number of nitrogens with zero attached hydrogens (tertiary/aromatic N) is 3. The summed E-state index contributed by atoms with van der Waals surface area (Å²) in [5.41, 5.74) is -0.965. The number of rotatable bonds is 0. The predicted molar refractivity (Wildman–Crippen MR) is 31.1 cm³/mol. The molecule has 0 bridgehead atoms. The van der Waals surface area contributed by atoms with Crippen molar-refractivity contribution in [3.63, 3.8) is 0 Å². The molecule has 0 aliphatic carbocycles. The molecule has 0 aliphatic heterocycles. The highest BCUT2D eigenvalue weighted by molar-refractivity contribution is 4.85. The lowest BCUT2D eigenvalue weighted by molar-refractivity contribution is 0.518. The lowest BCUT2D eigenvalue weighted by atomic mass is 10.7. The molecule has 0 radical (unpaired) electrons. The minimum Gasteiger partial charge on any atom is -0.335 e. The molecule has 0 aliphatic rings. The second-order valence-electron chi connectivity index (χ2n) is 1.71. The van der Waals surface area contributed by atoms with Crippen molar-refractivity contribution in [3.8, 4) is 0 Å². The fraction of sp³-hybridized carbons (Fsp3) is 0.250. The van der Waals surface area contributed by atoms with Crippen LogP contribution in [0.5, 0.6) is 0 Å². The van der Waals surface area contributed by atoms with Crippen LogP contribution in [0.15, 0.2) is 4.79 Å². The second kappa shape index (κ2) is 2.05. The van der Waals surface area contributed by atoms with Gasteiger partial charge in [-0.15, -0.1) is 10.2 Å². The van der Waals surface area contributed by atoms with Gasteiger partial charge in [0.15, 0.2) is 5.82 Å². The summed E-state index contributed by atoms with van der Waals surface area (Å²) < 4.78 is 12.8. The molecule has 0 amide bonds. The minimum atomic E-state index is -1.19. The van der Waals surface area contributed by atoms with E-state index >= 15 is 0 Å². The third-order valence-electron chi connectivity index (χ3n) is 1.03. The quantitative estimate of drug-likeness (QED) is 0.464. The Kier molecular flexibility index (Phi) is 1.37. The van der Waals surface area contributed by atoms with Crippen LogP contribution in [0, 0.1) is 12.9 Å². The maximum atomic E-state index is 12.2. The van der Waals surface area contributed by atoms with Crippen molar-refractivity contribution >= 4 is 0 Å². The number of aryl methyl sites for hydroxylation is 1. The number of halogens is 1. The number of hydrogen-bond acceptors (Lipinski definition) is 4. The maximum absolute atomic E-state index is 12.2. The molecule has 1 aromatic rings. The van der Waals surface area contributed by atoms with Crippen LogP contribution in [-0.4, -0.2) is 14.9 Å². The lowest BCUT2D eigenvalue weighted by Gasteiger charge is -1.97. The van der Waals surface area contributed by atoms with E-state index in [-0.39, 0.29) is 5.82 Å². The van der Waals surface area contributed by atoms with Crippen molar-refractivity contribution in [1.82, 2.24) is 14.9 Å². The Morgan fingerprint density at radius 2 is 2.20 bits per heavy atom. The van der Waals surface area contributed by atoms with Gasteiger partial charge in [0.2, 0.25) is 0 Å².